The standard InChI is InChI=1S/C11H18O5/c1-4-15-8-9(11(13)16-5-2)10(12)6-7-14-3/h8H,4-7H2,1-3H3. The first-order valence-corrected chi connectivity index (χ1v) is 5.18. The summed E-state index contributed by atoms with van der Waals surface area (Å²) in [4.78, 5) is 23.0. The number of ether oxygens (including phenoxy) is 3. The third-order valence-electron chi connectivity index (χ3n) is 1.70. The van der Waals surface area contributed by atoms with Crippen molar-refractivity contribution in [2.45, 2.75) is 20.3 Å². The molecule has 0 aromatic carbocycles. The van der Waals surface area contributed by atoms with Gasteiger partial charge in [0.15, 0.2) is 5.78 Å². The molecule has 0 amide bonds. The minimum Gasteiger partial charge on any atom is -0.500 e. The van der Waals surface area contributed by atoms with Crippen LogP contribution in [-0.2, 0) is 23.8 Å². The molecule has 0 atom stereocenters. The maximum atomic E-state index is 11.6. The van der Waals surface area contributed by atoms with Gasteiger partial charge in [-0.25, -0.2) is 4.79 Å². The normalized spacial score (nSPS) is 11.1. The van der Waals surface area contributed by atoms with Crippen LogP contribution in [0.5, 0.6) is 0 Å². The quantitative estimate of drug-likeness (QED) is 0.205. The lowest BCUT2D eigenvalue weighted by molar-refractivity contribution is -0.140. The van der Waals surface area contributed by atoms with Gasteiger partial charge in [0.1, 0.15) is 11.8 Å². The van der Waals surface area contributed by atoms with Gasteiger partial charge in [-0.05, 0) is 13.8 Å². The van der Waals surface area contributed by atoms with E-state index in [1.54, 1.807) is 13.8 Å². The van der Waals surface area contributed by atoms with Gasteiger partial charge < -0.3 is 14.2 Å². The molecule has 0 aromatic heterocycles. The summed E-state index contributed by atoms with van der Waals surface area (Å²) in [5, 5.41) is 0. The van der Waals surface area contributed by atoms with Crippen molar-refractivity contribution in [2.24, 2.45) is 0 Å². The van der Waals surface area contributed by atoms with Crippen LogP contribution >= 0.6 is 0 Å². The summed E-state index contributed by atoms with van der Waals surface area (Å²) in [6.07, 6.45) is 1.28. The van der Waals surface area contributed by atoms with Crippen molar-refractivity contribution < 1.29 is 23.8 Å². The van der Waals surface area contributed by atoms with Crippen LogP contribution in [-0.4, -0.2) is 38.7 Å². The first kappa shape index (κ1) is 14.6. The van der Waals surface area contributed by atoms with Crippen LogP contribution in [0.4, 0.5) is 0 Å². The van der Waals surface area contributed by atoms with E-state index in [-0.39, 0.29) is 31.0 Å². The van der Waals surface area contributed by atoms with E-state index in [1.807, 2.05) is 0 Å². The molecule has 0 saturated carbocycles. The zero-order chi connectivity index (χ0) is 12.4. The number of Topliss-reactive ketones (excluding diaryl/α,β-unsaturated/α-hetero) is 1. The Labute approximate surface area is 95.4 Å². The summed E-state index contributed by atoms with van der Waals surface area (Å²) >= 11 is 0. The van der Waals surface area contributed by atoms with E-state index in [0.717, 1.165) is 6.26 Å². The Kier molecular flexibility index (Phi) is 8.15. The molecule has 0 aliphatic rings. The minimum atomic E-state index is -0.656. The molecule has 16 heavy (non-hydrogen) atoms. The molecule has 92 valence electrons. The second-order valence-electron chi connectivity index (χ2n) is 2.87. The molecule has 0 aliphatic carbocycles. The van der Waals surface area contributed by atoms with E-state index in [1.165, 1.54) is 7.11 Å². The average Bonchev–Trinajstić information content (AvgIpc) is 2.27. The minimum absolute atomic E-state index is 0.0687. The molecular formula is C11H18O5. The third-order valence-corrected chi connectivity index (χ3v) is 1.70. The Hall–Kier alpha value is -1.36. The highest BCUT2D eigenvalue weighted by Gasteiger charge is 2.19. The van der Waals surface area contributed by atoms with E-state index in [2.05, 4.69) is 0 Å². The third kappa shape index (κ3) is 5.50. The van der Waals surface area contributed by atoms with Crippen molar-refractivity contribution >= 4 is 11.8 Å². The van der Waals surface area contributed by atoms with Crippen molar-refractivity contribution in [3.63, 3.8) is 0 Å². The van der Waals surface area contributed by atoms with Gasteiger partial charge in [-0.2, -0.15) is 0 Å². The lowest BCUT2D eigenvalue weighted by Crippen LogP contribution is -2.17. The lowest BCUT2D eigenvalue weighted by Gasteiger charge is -2.06. The van der Waals surface area contributed by atoms with E-state index >= 15 is 0 Å². The molecule has 5 nitrogen and oxygen atoms in total. The molecule has 0 bridgehead atoms. The van der Waals surface area contributed by atoms with E-state index < -0.39 is 5.97 Å². The summed E-state index contributed by atoms with van der Waals surface area (Å²) in [6, 6.07) is 0. The zero-order valence-corrected chi connectivity index (χ0v) is 9.95. The molecule has 0 fully saturated rings. The molecular weight excluding hydrogens is 212 g/mol. The summed E-state index contributed by atoms with van der Waals surface area (Å²) in [5.41, 5.74) is -0.0687. The van der Waals surface area contributed by atoms with Crippen LogP contribution in [0.1, 0.15) is 20.3 Å². The Balaban J connectivity index is 4.53. The maximum Gasteiger partial charge on any atom is 0.344 e. The highest BCUT2D eigenvalue weighted by molar-refractivity contribution is 6.17. The van der Waals surface area contributed by atoms with Crippen LogP contribution in [0, 0.1) is 0 Å². The summed E-state index contributed by atoms with van der Waals surface area (Å²) in [6.45, 7) is 4.32. The molecule has 0 aliphatic heterocycles. The maximum absolute atomic E-state index is 11.6. The largest absolute Gasteiger partial charge is 0.500 e. The van der Waals surface area contributed by atoms with Crippen molar-refractivity contribution in [3.8, 4) is 0 Å². The number of ketones is 1. The van der Waals surface area contributed by atoms with Gasteiger partial charge >= 0.3 is 5.97 Å². The number of carbonyl (C=O) groups excluding carboxylic acids is 2. The molecule has 0 aromatic rings. The first-order chi connectivity index (χ1) is 7.67. The monoisotopic (exact) mass is 230 g/mol. The average molecular weight is 230 g/mol. The van der Waals surface area contributed by atoms with Gasteiger partial charge in [-0.15, -0.1) is 0 Å². The molecule has 0 unspecified atom stereocenters. The predicted molar refractivity (Wildman–Crippen MR) is 57.8 cm³/mol. The Bertz CT molecular complexity index is 257. The van der Waals surface area contributed by atoms with Crippen molar-refractivity contribution in [3.05, 3.63) is 11.8 Å². The zero-order valence-electron chi connectivity index (χ0n) is 9.95. The van der Waals surface area contributed by atoms with Crippen molar-refractivity contribution in [1.29, 1.82) is 0 Å². The second-order valence-corrected chi connectivity index (χ2v) is 2.87. The van der Waals surface area contributed by atoms with E-state index in [9.17, 15) is 9.59 Å². The molecule has 0 radical (unpaired) electrons. The Morgan fingerprint density at radius 1 is 1.19 bits per heavy atom. The van der Waals surface area contributed by atoms with Crippen LogP contribution < -0.4 is 0 Å². The predicted octanol–water partition coefficient (Wildman–Crippen LogP) is 1.08. The van der Waals surface area contributed by atoms with Crippen LogP contribution in [0.3, 0.4) is 0 Å². The van der Waals surface area contributed by atoms with Crippen molar-refractivity contribution in [1.82, 2.24) is 0 Å². The van der Waals surface area contributed by atoms with Gasteiger partial charge in [0.2, 0.25) is 0 Å². The number of carbonyl (C=O) groups is 2. The fraction of sp³-hybridized carbons (Fsp3) is 0.636. The highest BCUT2D eigenvalue weighted by atomic mass is 16.5. The van der Waals surface area contributed by atoms with Crippen LogP contribution in [0.2, 0.25) is 0 Å². The summed E-state index contributed by atoms with van der Waals surface area (Å²) in [7, 11) is 1.49. The van der Waals surface area contributed by atoms with E-state index in [4.69, 9.17) is 14.2 Å². The van der Waals surface area contributed by atoms with Gasteiger partial charge in [-0.3, -0.25) is 4.79 Å². The van der Waals surface area contributed by atoms with Gasteiger partial charge in [0.05, 0.1) is 19.8 Å². The number of rotatable bonds is 8. The van der Waals surface area contributed by atoms with E-state index in [0.29, 0.717) is 6.61 Å². The number of esters is 1. The first-order valence-electron chi connectivity index (χ1n) is 5.18. The molecule has 5 heteroatoms. The molecule has 0 N–H and O–H groups in total. The van der Waals surface area contributed by atoms with Gasteiger partial charge in [0.25, 0.3) is 0 Å². The molecule has 0 heterocycles. The lowest BCUT2D eigenvalue weighted by atomic mass is 10.1. The highest BCUT2D eigenvalue weighted by Crippen LogP contribution is 2.04. The SMILES string of the molecule is CCOC=C(C(=O)CCOC)C(=O)OCC. The summed E-state index contributed by atoms with van der Waals surface area (Å²) in [5.74, 6) is -0.995. The number of hydrogen-bond donors (Lipinski definition) is 0. The number of hydrogen-bond acceptors (Lipinski definition) is 5. The van der Waals surface area contributed by atoms with Crippen LogP contribution in [0.15, 0.2) is 11.8 Å². The Morgan fingerprint density at radius 2 is 1.88 bits per heavy atom. The van der Waals surface area contributed by atoms with Gasteiger partial charge in [0, 0.05) is 13.5 Å². The molecule has 0 saturated heterocycles. The summed E-state index contributed by atoms with van der Waals surface area (Å²) < 4.78 is 14.5. The fourth-order valence-electron chi connectivity index (χ4n) is 0.933. The molecule has 0 rings (SSSR count). The topological polar surface area (TPSA) is 61.8 Å². The number of methoxy groups -OCH3 is 1. The van der Waals surface area contributed by atoms with Gasteiger partial charge in [-0.1, -0.05) is 0 Å². The fourth-order valence-corrected chi connectivity index (χ4v) is 0.933. The van der Waals surface area contributed by atoms with Crippen LogP contribution in [0.25, 0.3) is 0 Å². The smallest absolute Gasteiger partial charge is 0.344 e. The second kappa shape index (κ2) is 8.91. The Morgan fingerprint density at radius 3 is 2.38 bits per heavy atom. The van der Waals surface area contributed by atoms with Crippen molar-refractivity contribution in [2.75, 3.05) is 26.9 Å². The molecule has 0 spiro atoms.